The average molecular weight is 212 g/mol. The third-order valence-electron chi connectivity index (χ3n) is 1.91. The van der Waals surface area contributed by atoms with Gasteiger partial charge in [0, 0.05) is 19.6 Å². The van der Waals surface area contributed by atoms with Crippen LogP contribution in [0.4, 0.5) is 5.95 Å². The van der Waals surface area contributed by atoms with Crippen molar-refractivity contribution in [3.05, 3.63) is 5.82 Å². The molecule has 0 aliphatic rings. The number of nitrogens with zero attached hydrogens (tertiary/aromatic N) is 4. The van der Waals surface area contributed by atoms with Gasteiger partial charge in [-0.25, -0.2) is 4.79 Å². The molecule has 0 spiro atoms. The number of aromatic nitrogens is 3. The van der Waals surface area contributed by atoms with Crippen molar-refractivity contribution < 1.29 is 9.90 Å². The molecule has 1 rings (SSSR count). The average Bonchev–Trinajstić information content (AvgIpc) is 2.45. The SMILES string of the molecule is CN(C)c1nnc(C(=O)O)n1C(C)(C)C. The number of aromatic carboxylic acids is 1. The normalized spacial score (nSPS) is 11.5. The van der Waals surface area contributed by atoms with E-state index < -0.39 is 5.97 Å². The van der Waals surface area contributed by atoms with E-state index in [0.717, 1.165) is 0 Å². The predicted octanol–water partition coefficient (Wildman–Crippen LogP) is 0.797. The molecule has 0 atom stereocenters. The lowest BCUT2D eigenvalue weighted by Crippen LogP contribution is -2.29. The van der Waals surface area contributed by atoms with E-state index in [1.165, 1.54) is 0 Å². The molecule has 0 saturated carbocycles. The summed E-state index contributed by atoms with van der Waals surface area (Å²) in [5.74, 6) is -0.559. The Hall–Kier alpha value is -1.59. The topological polar surface area (TPSA) is 71.2 Å². The smallest absolute Gasteiger partial charge is 0.374 e. The van der Waals surface area contributed by atoms with Crippen LogP contribution < -0.4 is 4.90 Å². The fourth-order valence-corrected chi connectivity index (χ4v) is 1.32. The Morgan fingerprint density at radius 1 is 1.33 bits per heavy atom. The standard InChI is InChI=1S/C9H16N4O2/c1-9(2,3)13-6(7(14)15)10-11-8(13)12(4)5/h1-5H3,(H,14,15). The Morgan fingerprint density at radius 2 is 1.87 bits per heavy atom. The van der Waals surface area contributed by atoms with Crippen molar-refractivity contribution in [3.63, 3.8) is 0 Å². The molecule has 0 fully saturated rings. The van der Waals surface area contributed by atoms with E-state index in [0.29, 0.717) is 5.95 Å². The van der Waals surface area contributed by atoms with Gasteiger partial charge in [0.15, 0.2) is 0 Å². The zero-order valence-electron chi connectivity index (χ0n) is 9.64. The fraction of sp³-hybridized carbons (Fsp3) is 0.667. The van der Waals surface area contributed by atoms with Crippen LogP contribution in [0, 0.1) is 0 Å². The Morgan fingerprint density at radius 3 is 2.20 bits per heavy atom. The molecular formula is C9H16N4O2. The van der Waals surface area contributed by atoms with E-state index in [1.54, 1.807) is 23.6 Å². The van der Waals surface area contributed by atoms with Crippen LogP contribution in [-0.2, 0) is 5.54 Å². The second-order valence-corrected chi connectivity index (χ2v) is 4.53. The summed E-state index contributed by atoms with van der Waals surface area (Å²) in [5, 5.41) is 16.5. The summed E-state index contributed by atoms with van der Waals surface area (Å²) < 4.78 is 1.61. The van der Waals surface area contributed by atoms with Crippen LogP contribution in [0.3, 0.4) is 0 Å². The van der Waals surface area contributed by atoms with Gasteiger partial charge in [0.05, 0.1) is 0 Å². The molecule has 0 saturated heterocycles. The number of anilines is 1. The van der Waals surface area contributed by atoms with E-state index in [2.05, 4.69) is 10.2 Å². The van der Waals surface area contributed by atoms with Gasteiger partial charge in [-0.3, -0.25) is 4.57 Å². The molecule has 0 radical (unpaired) electrons. The third-order valence-corrected chi connectivity index (χ3v) is 1.91. The van der Waals surface area contributed by atoms with E-state index in [4.69, 9.17) is 5.11 Å². The Labute approximate surface area is 88.5 Å². The van der Waals surface area contributed by atoms with Crippen LogP contribution >= 0.6 is 0 Å². The highest BCUT2D eigenvalue weighted by molar-refractivity contribution is 5.84. The summed E-state index contributed by atoms with van der Waals surface area (Å²) in [5.41, 5.74) is -0.364. The first-order chi connectivity index (χ1) is 6.75. The van der Waals surface area contributed by atoms with Gasteiger partial charge < -0.3 is 10.0 Å². The highest BCUT2D eigenvalue weighted by atomic mass is 16.4. The molecule has 1 heterocycles. The van der Waals surface area contributed by atoms with Gasteiger partial charge in [0.2, 0.25) is 11.8 Å². The van der Waals surface area contributed by atoms with Gasteiger partial charge in [0.1, 0.15) is 0 Å². The number of rotatable bonds is 2. The number of hydrogen-bond acceptors (Lipinski definition) is 4. The predicted molar refractivity (Wildman–Crippen MR) is 56.3 cm³/mol. The molecule has 0 amide bonds. The maximum absolute atomic E-state index is 11.0. The summed E-state index contributed by atoms with van der Waals surface area (Å²) in [6.45, 7) is 5.74. The minimum Gasteiger partial charge on any atom is -0.475 e. The maximum Gasteiger partial charge on any atom is 0.374 e. The molecule has 0 aliphatic heterocycles. The number of carbonyl (C=O) groups is 1. The highest BCUT2D eigenvalue weighted by Crippen LogP contribution is 2.22. The van der Waals surface area contributed by atoms with Crippen molar-refractivity contribution in [2.45, 2.75) is 26.3 Å². The Bertz CT molecular complexity index is 376. The second-order valence-electron chi connectivity index (χ2n) is 4.53. The van der Waals surface area contributed by atoms with Crippen molar-refractivity contribution in [3.8, 4) is 0 Å². The van der Waals surface area contributed by atoms with Gasteiger partial charge in [-0.15, -0.1) is 10.2 Å². The summed E-state index contributed by atoms with van der Waals surface area (Å²) in [7, 11) is 3.61. The zero-order valence-corrected chi connectivity index (χ0v) is 9.64. The van der Waals surface area contributed by atoms with E-state index in [1.807, 2.05) is 20.8 Å². The second kappa shape index (κ2) is 3.52. The van der Waals surface area contributed by atoms with Gasteiger partial charge in [-0.1, -0.05) is 0 Å². The van der Waals surface area contributed by atoms with Gasteiger partial charge in [-0.05, 0) is 20.8 Å². The first-order valence-corrected chi connectivity index (χ1v) is 4.61. The summed E-state index contributed by atoms with van der Waals surface area (Å²) in [6.07, 6.45) is 0. The number of hydrogen-bond donors (Lipinski definition) is 1. The Kier molecular flexibility index (Phi) is 2.70. The van der Waals surface area contributed by atoms with E-state index >= 15 is 0 Å². The maximum atomic E-state index is 11.0. The molecule has 6 heteroatoms. The lowest BCUT2D eigenvalue weighted by Gasteiger charge is -2.25. The molecule has 1 aromatic rings. The molecule has 0 unspecified atom stereocenters. The number of carboxylic acid groups (broad SMARTS) is 1. The van der Waals surface area contributed by atoms with Crippen molar-refractivity contribution >= 4 is 11.9 Å². The zero-order chi connectivity index (χ0) is 11.8. The quantitative estimate of drug-likeness (QED) is 0.785. The molecule has 6 nitrogen and oxygen atoms in total. The van der Waals surface area contributed by atoms with Crippen LogP contribution in [0.25, 0.3) is 0 Å². The summed E-state index contributed by atoms with van der Waals surface area (Å²) in [6, 6.07) is 0. The van der Waals surface area contributed by atoms with Crippen LogP contribution in [0.5, 0.6) is 0 Å². The molecule has 0 aliphatic carbocycles. The minimum absolute atomic E-state index is 0.0359. The highest BCUT2D eigenvalue weighted by Gasteiger charge is 2.27. The van der Waals surface area contributed by atoms with Crippen molar-refractivity contribution in [2.24, 2.45) is 0 Å². The Balaban J connectivity index is 3.40. The minimum atomic E-state index is -1.06. The van der Waals surface area contributed by atoms with Gasteiger partial charge in [0.25, 0.3) is 0 Å². The van der Waals surface area contributed by atoms with Crippen molar-refractivity contribution in [2.75, 3.05) is 19.0 Å². The number of carboxylic acids is 1. The largest absolute Gasteiger partial charge is 0.475 e. The summed E-state index contributed by atoms with van der Waals surface area (Å²) in [4.78, 5) is 12.7. The van der Waals surface area contributed by atoms with Crippen molar-refractivity contribution in [1.82, 2.24) is 14.8 Å². The van der Waals surface area contributed by atoms with Crippen LogP contribution in [-0.4, -0.2) is 39.9 Å². The van der Waals surface area contributed by atoms with Crippen molar-refractivity contribution in [1.29, 1.82) is 0 Å². The van der Waals surface area contributed by atoms with Crippen LogP contribution in [0.1, 0.15) is 31.4 Å². The van der Waals surface area contributed by atoms with Crippen LogP contribution in [0.15, 0.2) is 0 Å². The lowest BCUT2D eigenvalue weighted by molar-refractivity contribution is 0.0670. The first kappa shape index (κ1) is 11.5. The molecule has 15 heavy (non-hydrogen) atoms. The summed E-state index contributed by atoms with van der Waals surface area (Å²) >= 11 is 0. The molecule has 1 aromatic heterocycles. The molecule has 0 bridgehead atoms. The molecule has 0 aromatic carbocycles. The first-order valence-electron chi connectivity index (χ1n) is 4.61. The van der Waals surface area contributed by atoms with E-state index in [9.17, 15) is 4.79 Å². The molecule has 84 valence electrons. The van der Waals surface area contributed by atoms with E-state index in [-0.39, 0.29) is 11.4 Å². The lowest BCUT2D eigenvalue weighted by atomic mass is 10.1. The van der Waals surface area contributed by atoms with Gasteiger partial charge >= 0.3 is 5.97 Å². The monoisotopic (exact) mass is 212 g/mol. The third kappa shape index (κ3) is 2.08. The molecule has 1 N–H and O–H groups in total. The molecular weight excluding hydrogens is 196 g/mol. The van der Waals surface area contributed by atoms with Crippen LogP contribution in [0.2, 0.25) is 0 Å². The van der Waals surface area contributed by atoms with Gasteiger partial charge in [-0.2, -0.15) is 0 Å². The fourth-order valence-electron chi connectivity index (χ4n) is 1.32.